The fourth-order valence-electron chi connectivity index (χ4n) is 0. The van der Waals surface area contributed by atoms with Crippen LogP contribution in [0.15, 0.2) is 0 Å². The average molecular weight is 179 g/mol. The van der Waals surface area contributed by atoms with Gasteiger partial charge in [0.15, 0.2) is 0 Å². The summed E-state index contributed by atoms with van der Waals surface area (Å²) in [6, 6.07) is 0. The molecule has 0 radical (unpaired) electrons. The molecule has 9 heavy (non-hydrogen) atoms. The molecular formula is H6CoLi3NO3P. The van der Waals surface area contributed by atoms with Crippen LogP contribution in [0.1, 0.15) is 0 Å². The molecule has 0 aromatic heterocycles. The first-order valence-corrected chi connectivity index (χ1v) is 2.58. The third-order valence-corrected chi connectivity index (χ3v) is 0. The van der Waals surface area contributed by atoms with E-state index in [1.807, 2.05) is 0 Å². The van der Waals surface area contributed by atoms with Crippen LogP contribution in [0.5, 0.6) is 0 Å². The molecular weight excluding hydrogens is 173 g/mol. The van der Waals surface area contributed by atoms with E-state index < -0.39 is 15.0 Å². The second-order valence-corrected chi connectivity index (χ2v) is 0.799. The summed E-state index contributed by atoms with van der Waals surface area (Å²) in [5.74, 6) is 7.13. The molecule has 0 unspecified atom stereocenters. The molecule has 0 amide bonds. The number of nitrogens with zero attached hydrogens (tertiary/aromatic N) is 1. The first-order valence-electron chi connectivity index (χ1n) is 0.876. The Labute approximate surface area is 98.7 Å². The van der Waals surface area contributed by atoms with Crippen molar-refractivity contribution >= 4 is 28.3 Å². The maximum atomic E-state index is 8.45. The first-order chi connectivity index (χ1) is 2.83. The molecule has 0 bridgehead atoms. The predicted octanol–water partition coefficient (Wildman–Crippen LogP) is -7.31. The van der Waals surface area contributed by atoms with Gasteiger partial charge in [0, 0.05) is 0 Å². The van der Waals surface area contributed by atoms with Crippen LogP contribution in [0.3, 0.4) is 0 Å². The summed E-state index contributed by atoms with van der Waals surface area (Å²) in [5, 5.41) is 0. The molecule has 0 rings (SSSR count). The van der Waals surface area contributed by atoms with Gasteiger partial charge < -0.3 is 0 Å². The van der Waals surface area contributed by atoms with Gasteiger partial charge in [-0.3, -0.25) is 0 Å². The number of rotatable bonds is 0. The molecule has 0 atom stereocenters. The SMILES string of the molecule is [Li+].[Li+].[LiH].[N-2]O[PH4].[O]=[Co][OH]. The van der Waals surface area contributed by atoms with Crippen LogP contribution in [-0.2, 0) is 23.4 Å². The molecule has 0 aromatic rings. The topological polar surface area (TPSA) is 68.8 Å². The van der Waals surface area contributed by atoms with Crippen molar-refractivity contribution in [3.63, 3.8) is 0 Å². The van der Waals surface area contributed by atoms with Gasteiger partial charge in [0.05, 0.1) is 0 Å². The number of hydrogen-bond acceptors (Lipinski definition) is 2. The second kappa shape index (κ2) is 47.4. The standard InChI is InChI=1S/Co.3Li.H4NOP.H2O.O.H/c;;;;1-2-3;;;/h;;;;3H4;1H2;;/q+1;;2*+1;-2;;;/p-1. The zero-order valence-electron chi connectivity index (χ0n) is 5.04. The molecule has 46 valence electrons. The summed E-state index contributed by atoms with van der Waals surface area (Å²) in [7, 11) is 0.424. The van der Waals surface area contributed by atoms with Gasteiger partial charge in [0.25, 0.3) is 0 Å². The van der Waals surface area contributed by atoms with Crippen LogP contribution in [0.4, 0.5) is 0 Å². The summed E-state index contributed by atoms with van der Waals surface area (Å²) in [6.45, 7) is 0. The molecule has 4 nitrogen and oxygen atoms in total. The van der Waals surface area contributed by atoms with Crippen molar-refractivity contribution in [3.8, 4) is 0 Å². The Balaban J connectivity index is -0.00000000889. The molecule has 9 heteroatoms. The van der Waals surface area contributed by atoms with Crippen LogP contribution in [0, 0.1) is 0 Å². The van der Waals surface area contributed by atoms with Gasteiger partial charge >= 0.3 is 99.6 Å². The van der Waals surface area contributed by atoms with E-state index in [1.54, 1.807) is 0 Å². The molecule has 0 saturated carbocycles. The van der Waals surface area contributed by atoms with E-state index in [0.717, 1.165) is 0 Å². The molecule has 0 saturated heterocycles. The Bertz CT molecular complexity index is 33.0. The van der Waals surface area contributed by atoms with E-state index in [-0.39, 0.29) is 56.6 Å². The minimum atomic E-state index is -0.812. The Kier molecular flexibility index (Phi) is 159. The Morgan fingerprint density at radius 2 is 1.56 bits per heavy atom. The van der Waals surface area contributed by atoms with Crippen LogP contribution in [0.2, 0.25) is 0 Å². The van der Waals surface area contributed by atoms with E-state index in [4.69, 9.17) is 14.0 Å². The fraction of sp³-hybridized carbons (Fsp3) is 0. The number of hydrogen-bond donors (Lipinski definition) is 1. The normalized spacial score (nSPS) is 4.44. The van der Waals surface area contributed by atoms with Gasteiger partial charge in [-0.25, -0.2) is 0 Å². The molecule has 0 aliphatic rings. The zero-order chi connectivity index (χ0) is 5.41. The quantitative estimate of drug-likeness (QED) is 0.228. The van der Waals surface area contributed by atoms with Crippen molar-refractivity contribution in [2.24, 2.45) is 0 Å². The van der Waals surface area contributed by atoms with Gasteiger partial charge in [-0.1, -0.05) is 0 Å². The van der Waals surface area contributed by atoms with Crippen molar-refractivity contribution < 1.29 is 65.4 Å². The van der Waals surface area contributed by atoms with Gasteiger partial charge in [0.1, 0.15) is 0 Å². The van der Waals surface area contributed by atoms with E-state index in [0.29, 0.717) is 9.47 Å². The van der Waals surface area contributed by atoms with Crippen LogP contribution >= 0.6 is 9.47 Å². The summed E-state index contributed by atoms with van der Waals surface area (Å²) in [6.07, 6.45) is 0. The van der Waals surface area contributed by atoms with Crippen molar-refractivity contribution in [1.82, 2.24) is 0 Å². The zero-order valence-corrected chi connectivity index (χ0v) is 8.09. The average Bonchev–Trinajstić information content (AvgIpc) is 1.39. The third-order valence-electron chi connectivity index (χ3n) is 0. The summed E-state index contributed by atoms with van der Waals surface area (Å²) < 4.78 is 18.8. The Morgan fingerprint density at radius 1 is 1.56 bits per heavy atom. The Hall–Kier alpha value is 2.41. The summed E-state index contributed by atoms with van der Waals surface area (Å²) >= 11 is -0.812. The second-order valence-electron chi connectivity index (χ2n) is 0.243. The van der Waals surface area contributed by atoms with Gasteiger partial charge in [-0.15, -0.1) is 0 Å². The third kappa shape index (κ3) is 127. The molecule has 0 fully saturated rings. The first kappa shape index (κ1) is 30.1. The van der Waals surface area contributed by atoms with Crippen molar-refractivity contribution in [3.05, 3.63) is 5.90 Å². The van der Waals surface area contributed by atoms with E-state index in [2.05, 4.69) is 4.62 Å². The fourth-order valence-corrected chi connectivity index (χ4v) is 0. The van der Waals surface area contributed by atoms with Crippen LogP contribution in [0.25, 0.3) is 5.90 Å². The molecule has 0 aliphatic carbocycles. The molecule has 0 aromatic carbocycles. The van der Waals surface area contributed by atoms with E-state index in [1.165, 1.54) is 0 Å². The summed E-state index contributed by atoms with van der Waals surface area (Å²) in [4.78, 5) is 0. The van der Waals surface area contributed by atoms with Crippen molar-refractivity contribution in [2.45, 2.75) is 0 Å². The van der Waals surface area contributed by atoms with Crippen LogP contribution in [-0.4, -0.2) is 23.1 Å². The van der Waals surface area contributed by atoms with Gasteiger partial charge in [0.2, 0.25) is 0 Å². The summed E-state index contributed by atoms with van der Waals surface area (Å²) in [5.41, 5.74) is 0. The molecule has 0 heterocycles. The molecule has 1 N–H and O–H groups in total. The van der Waals surface area contributed by atoms with E-state index in [9.17, 15) is 0 Å². The minimum absolute atomic E-state index is 0. The monoisotopic (exact) mass is 179 g/mol. The predicted molar refractivity (Wildman–Crippen MR) is 27.0 cm³/mol. The molecule has 0 aliphatic heterocycles. The van der Waals surface area contributed by atoms with Crippen LogP contribution < -0.4 is 37.7 Å². The van der Waals surface area contributed by atoms with Gasteiger partial charge in [-0.05, 0) is 0 Å². The van der Waals surface area contributed by atoms with Crippen molar-refractivity contribution in [2.75, 3.05) is 0 Å². The van der Waals surface area contributed by atoms with Gasteiger partial charge in [-0.2, -0.15) is 0 Å². The maximum absolute atomic E-state index is 8.45. The Morgan fingerprint density at radius 3 is 1.56 bits per heavy atom. The van der Waals surface area contributed by atoms with Crippen molar-refractivity contribution in [1.29, 1.82) is 0 Å². The van der Waals surface area contributed by atoms with E-state index >= 15 is 0 Å². The molecule has 0 spiro atoms.